The van der Waals surface area contributed by atoms with E-state index in [0.717, 1.165) is 26.5 Å². The minimum Gasteiger partial charge on any atom is -0.468 e. The average molecular weight is 332 g/mol. The summed E-state index contributed by atoms with van der Waals surface area (Å²) in [6.45, 7) is 2.76. The number of nitrogens with zero attached hydrogens (tertiary/aromatic N) is 1. The van der Waals surface area contributed by atoms with Crippen LogP contribution in [0.25, 0.3) is 20.8 Å². The van der Waals surface area contributed by atoms with E-state index in [2.05, 4.69) is 10.3 Å². The Morgan fingerprint density at radius 2 is 2.09 bits per heavy atom. The van der Waals surface area contributed by atoms with E-state index < -0.39 is 0 Å². The Bertz CT molecular complexity index is 819. The number of aromatic nitrogens is 1. The van der Waals surface area contributed by atoms with Crippen molar-refractivity contribution in [3.63, 3.8) is 0 Å². The molecule has 0 aliphatic heterocycles. The molecule has 6 heteroatoms. The van der Waals surface area contributed by atoms with Gasteiger partial charge in [0.25, 0.3) is 0 Å². The number of nitrogens with one attached hydrogen (secondary N) is 1. The summed E-state index contributed by atoms with van der Waals surface area (Å²) in [4.78, 5) is 4.56. The molecule has 0 aliphatic carbocycles. The van der Waals surface area contributed by atoms with Gasteiger partial charge >= 0.3 is 0 Å². The molecule has 0 bridgehead atoms. The number of anilines is 1. The van der Waals surface area contributed by atoms with Gasteiger partial charge in [0.1, 0.15) is 16.6 Å². The zero-order valence-electron chi connectivity index (χ0n) is 12.9. The van der Waals surface area contributed by atoms with Gasteiger partial charge < -0.3 is 14.8 Å². The first-order chi connectivity index (χ1) is 11.2. The second kappa shape index (κ2) is 6.93. The molecule has 1 N–H and O–H groups in total. The van der Waals surface area contributed by atoms with E-state index in [1.165, 1.54) is 17.4 Å². The number of benzene rings is 2. The Morgan fingerprint density at radius 3 is 2.83 bits per heavy atom. The minimum absolute atomic E-state index is 0.227. The van der Waals surface area contributed by atoms with Crippen LogP contribution in [0.3, 0.4) is 0 Å². The van der Waals surface area contributed by atoms with Crippen molar-refractivity contribution in [1.82, 2.24) is 4.98 Å². The van der Waals surface area contributed by atoms with Crippen molar-refractivity contribution in [2.24, 2.45) is 0 Å². The van der Waals surface area contributed by atoms with Crippen molar-refractivity contribution in [1.29, 1.82) is 0 Å². The van der Waals surface area contributed by atoms with Crippen LogP contribution in [0.5, 0.6) is 5.75 Å². The molecule has 0 spiro atoms. The maximum atomic E-state index is 13.9. The number of hydrogen-bond acceptors (Lipinski definition) is 5. The van der Waals surface area contributed by atoms with E-state index >= 15 is 0 Å². The second-order valence-electron chi connectivity index (χ2n) is 4.85. The molecule has 0 saturated heterocycles. The van der Waals surface area contributed by atoms with Crippen molar-refractivity contribution in [2.45, 2.75) is 6.92 Å². The largest absolute Gasteiger partial charge is 0.468 e. The molecule has 0 fully saturated rings. The topological polar surface area (TPSA) is 43.4 Å². The van der Waals surface area contributed by atoms with Gasteiger partial charge in [-0.1, -0.05) is 0 Å². The lowest BCUT2D eigenvalue weighted by Crippen LogP contribution is -2.01. The summed E-state index contributed by atoms with van der Waals surface area (Å²) in [7, 11) is 1.69. The highest BCUT2D eigenvalue weighted by atomic mass is 32.1. The predicted octanol–water partition coefficient (Wildman–Crippen LogP) is 4.52. The van der Waals surface area contributed by atoms with E-state index in [4.69, 9.17) is 9.47 Å². The normalized spacial score (nSPS) is 10.9. The molecule has 120 valence electrons. The highest BCUT2D eigenvalue weighted by Crippen LogP contribution is 2.33. The highest BCUT2D eigenvalue weighted by Gasteiger charge is 2.10. The van der Waals surface area contributed by atoms with Gasteiger partial charge in [-0.25, -0.2) is 9.37 Å². The average Bonchev–Trinajstić information content (AvgIpc) is 2.98. The maximum Gasteiger partial charge on any atom is 0.189 e. The van der Waals surface area contributed by atoms with E-state index in [9.17, 15) is 4.39 Å². The van der Waals surface area contributed by atoms with E-state index in [0.29, 0.717) is 12.3 Å². The lowest BCUT2D eigenvalue weighted by molar-refractivity contribution is 0.0225. The van der Waals surface area contributed by atoms with Gasteiger partial charge in [0.15, 0.2) is 6.79 Å². The molecule has 1 aromatic heterocycles. The van der Waals surface area contributed by atoms with E-state index in [1.54, 1.807) is 13.1 Å². The number of thiazole rings is 1. The van der Waals surface area contributed by atoms with Gasteiger partial charge in [0.05, 0.1) is 15.9 Å². The van der Waals surface area contributed by atoms with Crippen molar-refractivity contribution in [3.05, 3.63) is 42.2 Å². The molecule has 0 saturated carbocycles. The van der Waals surface area contributed by atoms with Crippen LogP contribution < -0.4 is 10.1 Å². The summed E-state index contributed by atoms with van der Waals surface area (Å²) < 4.78 is 25.6. The smallest absolute Gasteiger partial charge is 0.189 e. The quantitative estimate of drug-likeness (QED) is 0.532. The fourth-order valence-corrected chi connectivity index (χ4v) is 3.15. The third-order valence-electron chi connectivity index (χ3n) is 3.36. The van der Waals surface area contributed by atoms with Gasteiger partial charge in [-0.15, -0.1) is 11.3 Å². The van der Waals surface area contributed by atoms with Crippen LogP contribution in [0, 0.1) is 5.82 Å². The van der Waals surface area contributed by atoms with Gasteiger partial charge in [0, 0.05) is 19.2 Å². The van der Waals surface area contributed by atoms with Crippen LogP contribution in [0.15, 0.2) is 36.4 Å². The summed E-state index contributed by atoms with van der Waals surface area (Å²) in [5.74, 6) is 0.447. The lowest BCUT2D eigenvalue weighted by Gasteiger charge is -2.04. The van der Waals surface area contributed by atoms with Crippen molar-refractivity contribution < 1.29 is 13.9 Å². The molecule has 4 nitrogen and oxygen atoms in total. The minimum atomic E-state index is -0.287. The van der Waals surface area contributed by atoms with Gasteiger partial charge in [-0.2, -0.15) is 0 Å². The standard InChI is InChI=1S/C17H17FN2O2S/c1-3-21-10-22-12-5-7-15-16(9-12)23-17(20-15)11-4-6-14(19-2)13(18)8-11/h4-9,19H,3,10H2,1-2H3. The molecule has 0 amide bonds. The second-order valence-corrected chi connectivity index (χ2v) is 5.88. The Hall–Kier alpha value is -2.18. The highest BCUT2D eigenvalue weighted by molar-refractivity contribution is 7.21. The van der Waals surface area contributed by atoms with Crippen LogP contribution in [-0.2, 0) is 4.74 Å². The summed E-state index contributed by atoms with van der Waals surface area (Å²) in [5.41, 5.74) is 2.10. The monoisotopic (exact) mass is 332 g/mol. The molecular formula is C17H17FN2O2S. The first-order valence-electron chi connectivity index (χ1n) is 7.30. The molecule has 1 heterocycles. The first kappa shape index (κ1) is 15.7. The Balaban J connectivity index is 1.89. The molecule has 0 unspecified atom stereocenters. The number of hydrogen-bond donors (Lipinski definition) is 1. The van der Waals surface area contributed by atoms with Gasteiger partial charge in [-0.3, -0.25) is 0 Å². The molecule has 23 heavy (non-hydrogen) atoms. The fourth-order valence-electron chi connectivity index (χ4n) is 2.16. The third-order valence-corrected chi connectivity index (χ3v) is 4.43. The molecule has 3 rings (SSSR count). The molecule has 0 atom stereocenters. The number of rotatable bonds is 6. The Morgan fingerprint density at radius 1 is 1.22 bits per heavy atom. The Labute approximate surface area is 137 Å². The van der Waals surface area contributed by atoms with Crippen molar-refractivity contribution in [3.8, 4) is 16.3 Å². The van der Waals surface area contributed by atoms with Crippen LogP contribution in [0.4, 0.5) is 10.1 Å². The number of fused-ring (bicyclic) bond motifs is 1. The van der Waals surface area contributed by atoms with Crippen LogP contribution in [0.1, 0.15) is 6.92 Å². The molecule has 0 aliphatic rings. The zero-order valence-corrected chi connectivity index (χ0v) is 13.7. The van der Waals surface area contributed by atoms with E-state index in [-0.39, 0.29) is 12.6 Å². The fraction of sp³-hybridized carbons (Fsp3) is 0.235. The summed E-state index contributed by atoms with van der Waals surface area (Å²) >= 11 is 1.51. The van der Waals surface area contributed by atoms with Gasteiger partial charge in [-0.05, 0) is 43.3 Å². The van der Waals surface area contributed by atoms with Crippen LogP contribution >= 0.6 is 11.3 Å². The lowest BCUT2D eigenvalue weighted by atomic mass is 10.2. The zero-order chi connectivity index (χ0) is 16.2. The summed E-state index contributed by atoms with van der Waals surface area (Å²) in [6.07, 6.45) is 0. The predicted molar refractivity (Wildman–Crippen MR) is 91.7 cm³/mol. The Kier molecular flexibility index (Phi) is 4.73. The first-order valence-corrected chi connectivity index (χ1v) is 8.11. The third kappa shape index (κ3) is 3.43. The molecule has 0 radical (unpaired) electrons. The SMILES string of the molecule is CCOCOc1ccc2nc(-c3ccc(NC)c(F)c3)sc2c1. The van der Waals surface area contributed by atoms with E-state index in [1.807, 2.05) is 31.2 Å². The van der Waals surface area contributed by atoms with Crippen molar-refractivity contribution in [2.75, 3.05) is 25.8 Å². The van der Waals surface area contributed by atoms with Crippen molar-refractivity contribution >= 4 is 27.2 Å². The summed E-state index contributed by atoms with van der Waals surface area (Å²) in [5, 5.41) is 3.59. The van der Waals surface area contributed by atoms with Crippen LogP contribution in [-0.4, -0.2) is 25.4 Å². The molecule has 2 aromatic carbocycles. The van der Waals surface area contributed by atoms with Gasteiger partial charge in [0.2, 0.25) is 0 Å². The maximum absolute atomic E-state index is 13.9. The van der Waals surface area contributed by atoms with Crippen LogP contribution in [0.2, 0.25) is 0 Å². The molecular weight excluding hydrogens is 315 g/mol. The summed E-state index contributed by atoms with van der Waals surface area (Å²) in [6, 6.07) is 10.8. The number of halogens is 1. The number of ether oxygens (including phenoxy) is 2. The molecule has 3 aromatic rings.